The first kappa shape index (κ1) is 13.4. The van der Waals surface area contributed by atoms with Gasteiger partial charge in [0.2, 0.25) is 0 Å². The smallest absolute Gasteiger partial charge is 0.335 e. The predicted octanol–water partition coefficient (Wildman–Crippen LogP) is 4.63. The molecule has 3 unspecified atom stereocenters. The fraction of sp³-hybridized carbons (Fsp3) is 0.632. The van der Waals surface area contributed by atoms with Crippen molar-refractivity contribution >= 4 is 5.97 Å². The third kappa shape index (κ3) is 1.95. The number of carbonyl (C=O) groups is 1. The van der Waals surface area contributed by atoms with Crippen molar-refractivity contribution in [2.45, 2.75) is 57.8 Å². The zero-order valence-corrected chi connectivity index (χ0v) is 12.8. The van der Waals surface area contributed by atoms with Crippen molar-refractivity contribution in [1.82, 2.24) is 0 Å². The summed E-state index contributed by atoms with van der Waals surface area (Å²) in [5.41, 5.74) is 3.82. The molecule has 112 valence electrons. The van der Waals surface area contributed by atoms with E-state index in [1.165, 1.54) is 49.7 Å². The number of aromatic carboxylic acids is 1. The Morgan fingerprint density at radius 2 is 2.10 bits per heavy atom. The molecule has 3 aliphatic carbocycles. The standard InChI is InChI=1S/C19H24O2/c1-19-9-2-3-17(19)16-7-4-12-11-13(18(20)21)5-6-14(12)15(16)8-10-19/h5-6,11,15-17H,2-4,7-10H2,1H3,(H,20,21)/t15?,16?,17?,19-/m0/s1. The van der Waals surface area contributed by atoms with Crippen molar-refractivity contribution in [3.63, 3.8) is 0 Å². The highest BCUT2D eigenvalue weighted by molar-refractivity contribution is 5.88. The lowest BCUT2D eigenvalue weighted by Crippen LogP contribution is -2.39. The molecular weight excluding hydrogens is 260 g/mol. The highest BCUT2D eigenvalue weighted by Crippen LogP contribution is 2.60. The van der Waals surface area contributed by atoms with Crippen LogP contribution < -0.4 is 0 Å². The van der Waals surface area contributed by atoms with Crippen LogP contribution in [0.3, 0.4) is 0 Å². The van der Waals surface area contributed by atoms with Crippen molar-refractivity contribution in [2.24, 2.45) is 17.3 Å². The predicted molar refractivity (Wildman–Crippen MR) is 82.6 cm³/mol. The molecule has 2 nitrogen and oxygen atoms in total. The molecule has 1 aromatic rings. The molecule has 0 saturated heterocycles. The summed E-state index contributed by atoms with van der Waals surface area (Å²) in [7, 11) is 0. The SMILES string of the molecule is C[C@@]12CCCC1C1CCc3cc(C(=O)O)ccc3C1CC2. The van der Waals surface area contributed by atoms with Crippen LogP contribution in [0.25, 0.3) is 0 Å². The van der Waals surface area contributed by atoms with Crippen molar-refractivity contribution in [2.75, 3.05) is 0 Å². The second-order valence-electron chi connectivity index (χ2n) is 7.72. The zero-order valence-electron chi connectivity index (χ0n) is 12.8. The Bertz CT molecular complexity index is 591. The van der Waals surface area contributed by atoms with Crippen LogP contribution in [-0.2, 0) is 6.42 Å². The van der Waals surface area contributed by atoms with Gasteiger partial charge in [0.15, 0.2) is 0 Å². The topological polar surface area (TPSA) is 37.3 Å². The molecule has 0 bridgehead atoms. The minimum absolute atomic E-state index is 0.453. The maximum atomic E-state index is 11.2. The van der Waals surface area contributed by atoms with Crippen molar-refractivity contribution in [3.8, 4) is 0 Å². The van der Waals surface area contributed by atoms with E-state index < -0.39 is 5.97 Å². The van der Waals surface area contributed by atoms with E-state index in [2.05, 4.69) is 13.0 Å². The second-order valence-corrected chi connectivity index (χ2v) is 7.72. The van der Waals surface area contributed by atoms with E-state index in [-0.39, 0.29) is 0 Å². The fourth-order valence-corrected chi connectivity index (χ4v) is 5.71. The fourth-order valence-electron chi connectivity index (χ4n) is 5.71. The van der Waals surface area contributed by atoms with Crippen molar-refractivity contribution in [1.29, 1.82) is 0 Å². The number of hydrogen-bond donors (Lipinski definition) is 1. The Morgan fingerprint density at radius 3 is 2.90 bits per heavy atom. The van der Waals surface area contributed by atoms with Gasteiger partial charge in [-0.2, -0.15) is 0 Å². The Morgan fingerprint density at radius 1 is 1.24 bits per heavy atom. The molecule has 2 saturated carbocycles. The van der Waals surface area contributed by atoms with Crippen LogP contribution >= 0.6 is 0 Å². The lowest BCUT2D eigenvalue weighted by molar-refractivity contribution is 0.0597. The lowest BCUT2D eigenvalue weighted by atomic mass is 9.56. The van der Waals surface area contributed by atoms with Gasteiger partial charge in [-0.05, 0) is 85.0 Å². The van der Waals surface area contributed by atoms with Gasteiger partial charge in [-0.15, -0.1) is 0 Å². The Hall–Kier alpha value is -1.31. The van der Waals surface area contributed by atoms with Gasteiger partial charge in [0.05, 0.1) is 5.56 Å². The summed E-state index contributed by atoms with van der Waals surface area (Å²) in [5.74, 6) is 1.64. The Kier molecular flexibility index (Phi) is 2.92. The molecule has 4 rings (SSSR count). The van der Waals surface area contributed by atoms with E-state index in [1.807, 2.05) is 12.1 Å². The van der Waals surface area contributed by atoms with Gasteiger partial charge in [0.1, 0.15) is 0 Å². The minimum Gasteiger partial charge on any atom is -0.478 e. The van der Waals surface area contributed by atoms with E-state index in [1.54, 1.807) is 0 Å². The molecule has 4 atom stereocenters. The molecule has 0 spiro atoms. The van der Waals surface area contributed by atoms with Crippen LogP contribution in [0.4, 0.5) is 0 Å². The van der Waals surface area contributed by atoms with Crippen LogP contribution in [0.2, 0.25) is 0 Å². The molecule has 2 fully saturated rings. The summed E-state index contributed by atoms with van der Waals surface area (Å²) < 4.78 is 0. The van der Waals surface area contributed by atoms with E-state index >= 15 is 0 Å². The number of rotatable bonds is 1. The van der Waals surface area contributed by atoms with Crippen LogP contribution in [0.15, 0.2) is 18.2 Å². The van der Waals surface area contributed by atoms with Crippen LogP contribution in [0.5, 0.6) is 0 Å². The minimum atomic E-state index is -0.799. The van der Waals surface area contributed by atoms with E-state index in [4.69, 9.17) is 0 Å². The Labute approximate surface area is 126 Å². The molecule has 21 heavy (non-hydrogen) atoms. The number of hydrogen-bond acceptors (Lipinski definition) is 1. The molecule has 0 amide bonds. The number of carboxylic acids is 1. The highest BCUT2D eigenvalue weighted by atomic mass is 16.4. The van der Waals surface area contributed by atoms with Gasteiger partial charge in [-0.3, -0.25) is 0 Å². The van der Waals surface area contributed by atoms with E-state index in [0.29, 0.717) is 16.9 Å². The number of aryl methyl sites for hydroxylation is 1. The maximum Gasteiger partial charge on any atom is 0.335 e. The average Bonchev–Trinajstić information content (AvgIpc) is 2.88. The van der Waals surface area contributed by atoms with Gasteiger partial charge in [-0.1, -0.05) is 19.4 Å². The summed E-state index contributed by atoms with van der Waals surface area (Å²) in [6.45, 7) is 2.52. The highest BCUT2D eigenvalue weighted by Gasteiger charge is 2.50. The van der Waals surface area contributed by atoms with Gasteiger partial charge in [-0.25, -0.2) is 4.79 Å². The summed E-state index contributed by atoms with van der Waals surface area (Å²) >= 11 is 0. The van der Waals surface area contributed by atoms with E-state index in [0.717, 1.165) is 18.3 Å². The molecule has 0 aromatic heterocycles. The van der Waals surface area contributed by atoms with Gasteiger partial charge in [0, 0.05) is 0 Å². The summed E-state index contributed by atoms with van der Waals surface area (Å²) in [5, 5.41) is 9.18. The van der Waals surface area contributed by atoms with Crippen LogP contribution in [-0.4, -0.2) is 11.1 Å². The molecule has 2 heteroatoms. The number of carboxylic acid groups (broad SMARTS) is 1. The summed E-state index contributed by atoms with van der Waals surface area (Å²) in [4.78, 5) is 11.2. The van der Waals surface area contributed by atoms with Crippen LogP contribution in [0.1, 0.15) is 72.9 Å². The molecule has 0 aliphatic heterocycles. The first-order chi connectivity index (χ1) is 10.1. The summed E-state index contributed by atoms with van der Waals surface area (Å²) in [6, 6.07) is 5.86. The first-order valence-corrected chi connectivity index (χ1v) is 8.45. The average molecular weight is 284 g/mol. The third-order valence-electron chi connectivity index (χ3n) is 6.75. The zero-order chi connectivity index (χ0) is 14.6. The maximum absolute atomic E-state index is 11.2. The molecule has 1 aromatic carbocycles. The van der Waals surface area contributed by atoms with Gasteiger partial charge < -0.3 is 5.11 Å². The number of benzene rings is 1. The van der Waals surface area contributed by atoms with E-state index in [9.17, 15) is 9.90 Å². The molecule has 0 heterocycles. The largest absolute Gasteiger partial charge is 0.478 e. The van der Waals surface area contributed by atoms with Crippen molar-refractivity contribution < 1.29 is 9.90 Å². The molecule has 0 radical (unpaired) electrons. The lowest BCUT2D eigenvalue weighted by Gasteiger charge is -2.49. The number of fused-ring (bicyclic) bond motifs is 5. The molecule has 3 aliphatic rings. The first-order valence-electron chi connectivity index (χ1n) is 8.45. The monoisotopic (exact) mass is 284 g/mol. The van der Waals surface area contributed by atoms with Crippen molar-refractivity contribution in [3.05, 3.63) is 34.9 Å². The molecule has 1 N–H and O–H groups in total. The van der Waals surface area contributed by atoms with Gasteiger partial charge in [0.25, 0.3) is 0 Å². The third-order valence-corrected chi connectivity index (χ3v) is 6.75. The second kappa shape index (κ2) is 4.59. The normalized spacial score (nSPS) is 37.5. The molecular formula is C19H24O2. The van der Waals surface area contributed by atoms with Crippen LogP contribution in [0, 0.1) is 17.3 Å². The summed E-state index contributed by atoms with van der Waals surface area (Å²) in [6.07, 6.45) is 9.25. The quantitative estimate of drug-likeness (QED) is 0.816. The Balaban J connectivity index is 1.69. The van der Waals surface area contributed by atoms with Gasteiger partial charge >= 0.3 is 5.97 Å².